The van der Waals surface area contributed by atoms with Crippen LogP contribution in [0.1, 0.15) is 48.5 Å². The van der Waals surface area contributed by atoms with Crippen LogP contribution in [-0.4, -0.2) is 27.5 Å². The summed E-state index contributed by atoms with van der Waals surface area (Å²) in [6.07, 6.45) is 3.86. The zero-order valence-electron chi connectivity index (χ0n) is 17.2. The molecule has 2 atom stereocenters. The Bertz CT molecular complexity index is 993. The van der Waals surface area contributed by atoms with Crippen molar-refractivity contribution in [2.45, 2.75) is 50.1 Å². The average molecular weight is 435 g/mol. The summed E-state index contributed by atoms with van der Waals surface area (Å²) in [6.45, 7) is 2.24. The van der Waals surface area contributed by atoms with Crippen LogP contribution in [0.15, 0.2) is 47.4 Å². The second-order valence-corrected chi connectivity index (χ2v) is 9.35. The molecule has 30 heavy (non-hydrogen) atoms. The third kappa shape index (κ3) is 5.37. The van der Waals surface area contributed by atoms with Crippen LogP contribution in [-0.2, 0) is 16.6 Å². The van der Waals surface area contributed by atoms with E-state index in [1.54, 1.807) is 12.1 Å². The molecule has 162 valence electrons. The van der Waals surface area contributed by atoms with Crippen molar-refractivity contribution in [3.63, 3.8) is 0 Å². The predicted molar refractivity (Wildman–Crippen MR) is 112 cm³/mol. The maximum atomic E-state index is 13.1. The van der Waals surface area contributed by atoms with E-state index >= 15 is 0 Å². The molecule has 2 aromatic carbocycles. The first-order valence-corrected chi connectivity index (χ1v) is 11.5. The number of hydrogen-bond donors (Lipinski definition) is 2. The van der Waals surface area contributed by atoms with E-state index in [0.717, 1.165) is 31.2 Å². The number of sulfonamides is 1. The highest BCUT2D eigenvalue weighted by atomic mass is 32.2. The van der Waals surface area contributed by atoms with Crippen LogP contribution >= 0.6 is 0 Å². The molecule has 0 radical (unpaired) electrons. The maximum absolute atomic E-state index is 13.1. The number of amides is 1. The average Bonchev–Trinajstić information content (AvgIpc) is 2.74. The van der Waals surface area contributed by atoms with Gasteiger partial charge in [0, 0.05) is 18.2 Å². The third-order valence-electron chi connectivity index (χ3n) is 5.50. The van der Waals surface area contributed by atoms with Gasteiger partial charge >= 0.3 is 0 Å². The zero-order chi connectivity index (χ0) is 21.7. The Morgan fingerprint density at radius 1 is 1.13 bits per heavy atom. The Hall–Kier alpha value is -2.45. The molecule has 6 nitrogen and oxygen atoms in total. The van der Waals surface area contributed by atoms with Gasteiger partial charge in [-0.05, 0) is 54.7 Å². The minimum absolute atomic E-state index is 0.0581. The summed E-state index contributed by atoms with van der Waals surface area (Å²) in [5.41, 5.74) is 0.939. The number of halogens is 1. The van der Waals surface area contributed by atoms with Gasteiger partial charge in [0.1, 0.15) is 16.5 Å². The van der Waals surface area contributed by atoms with Crippen molar-refractivity contribution in [2.24, 2.45) is 5.92 Å². The van der Waals surface area contributed by atoms with Gasteiger partial charge in [-0.2, -0.15) is 0 Å². The van der Waals surface area contributed by atoms with Gasteiger partial charge in [0.05, 0.1) is 7.11 Å². The zero-order valence-corrected chi connectivity index (χ0v) is 18.0. The molecule has 0 aromatic heterocycles. The first-order chi connectivity index (χ1) is 14.3. The molecule has 2 N–H and O–H groups in total. The normalized spacial score (nSPS) is 19.3. The Morgan fingerprint density at radius 2 is 1.83 bits per heavy atom. The SMILES string of the molecule is COc1ccc(C(=O)NCc2ccc(F)cc2)cc1S(=O)(=O)N[C@@H]1CCCC[C@@H]1C. The minimum Gasteiger partial charge on any atom is -0.495 e. The summed E-state index contributed by atoms with van der Waals surface area (Å²) in [5.74, 6) is -0.345. The molecule has 2 aromatic rings. The van der Waals surface area contributed by atoms with E-state index in [9.17, 15) is 17.6 Å². The molecule has 1 amide bonds. The largest absolute Gasteiger partial charge is 0.495 e. The lowest BCUT2D eigenvalue weighted by molar-refractivity contribution is 0.0950. The summed E-state index contributed by atoms with van der Waals surface area (Å²) >= 11 is 0. The van der Waals surface area contributed by atoms with Crippen LogP contribution in [0, 0.1) is 11.7 Å². The van der Waals surface area contributed by atoms with Gasteiger partial charge in [-0.3, -0.25) is 4.79 Å². The Kier molecular flexibility index (Phi) is 7.10. The van der Waals surface area contributed by atoms with Gasteiger partial charge in [0.2, 0.25) is 10.0 Å². The van der Waals surface area contributed by atoms with Gasteiger partial charge < -0.3 is 10.1 Å². The van der Waals surface area contributed by atoms with Gasteiger partial charge in [-0.1, -0.05) is 31.9 Å². The molecule has 1 saturated carbocycles. The molecule has 1 aliphatic rings. The molecule has 0 unspecified atom stereocenters. The standard InChI is InChI=1S/C22H27FN2O4S/c1-15-5-3-4-6-19(15)25-30(27,28)21-13-17(9-12-20(21)29-2)22(26)24-14-16-7-10-18(23)11-8-16/h7-13,15,19,25H,3-6,14H2,1-2H3,(H,24,26)/t15-,19+/m0/s1. The van der Waals surface area contributed by atoms with Crippen molar-refractivity contribution >= 4 is 15.9 Å². The smallest absolute Gasteiger partial charge is 0.251 e. The maximum Gasteiger partial charge on any atom is 0.251 e. The number of hydrogen-bond acceptors (Lipinski definition) is 4. The summed E-state index contributed by atoms with van der Waals surface area (Å²) in [6, 6.07) is 9.98. The van der Waals surface area contributed by atoms with Crippen LogP contribution in [0.25, 0.3) is 0 Å². The van der Waals surface area contributed by atoms with E-state index in [0.29, 0.717) is 0 Å². The topological polar surface area (TPSA) is 84.5 Å². The Balaban J connectivity index is 1.78. The molecule has 0 aliphatic heterocycles. The first-order valence-electron chi connectivity index (χ1n) is 10.0. The first kappa shape index (κ1) is 22.2. The molecule has 1 fully saturated rings. The van der Waals surface area contributed by atoms with E-state index in [1.165, 1.54) is 37.4 Å². The van der Waals surface area contributed by atoms with Crippen LogP contribution < -0.4 is 14.8 Å². The van der Waals surface area contributed by atoms with Crippen LogP contribution in [0.4, 0.5) is 4.39 Å². The lowest BCUT2D eigenvalue weighted by atomic mass is 9.87. The van der Waals surface area contributed by atoms with Crippen LogP contribution in [0.2, 0.25) is 0 Å². The molecule has 8 heteroatoms. The Labute approximate surface area is 176 Å². The number of nitrogens with one attached hydrogen (secondary N) is 2. The molecule has 0 bridgehead atoms. The van der Waals surface area contributed by atoms with Crippen molar-refractivity contribution in [1.82, 2.24) is 10.0 Å². The fourth-order valence-corrected chi connectivity index (χ4v) is 5.24. The number of rotatable bonds is 7. The van der Waals surface area contributed by atoms with Crippen LogP contribution in [0.5, 0.6) is 5.75 Å². The highest BCUT2D eigenvalue weighted by Gasteiger charge is 2.29. The third-order valence-corrected chi connectivity index (χ3v) is 7.01. The molecule has 1 aliphatic carbocycles. The highest BCUT2D eigenvalue weighted by Crippen LogP contribution is 2.29. The van der Waals surface area contributed by atoms with Crippen molar-refractivity contribution in [1.29, 1.82) is 0 Å². The van der Waals surface area contributed by atoms with E-state index in [2.05, 4.69) is 10.0 Å². The summed E-state index contributed by atoms with van der Waals surface area (Å²) in [4.78, 5) is 12.5. The number of carbonyl (C=O) groups is 1. The fraction of sp³-hybridized carbons (Fsp3) is 0.409. The fourth-order valence-electron chi connectivity index (χ4n) is 3.67. The van der Waals surface area contributed by atoms with Gasteiger partial charge in [-0.15, -0.1) is 0 Å². The highest BCUT2D eigenvalue weighted by molar-refractivity contribution is 7.89. The van der Waals surface area contributed by atoms with Gasteiger partial charge in [0.15, 0.2) is 0 Å². The van der Waals surface area contributed by atoms with E-state index in [1.807, 2.05) is 6.92 Å². The Morgan fingerprint density at radius 3 is 2.50 bits per heavy atom. The molecular formula is C22H27FN2O4S. The summed E-state index contributed by atoms with van der Waals surface area (Å²) in [7, 11) is -2.47. The minimum atomic E-state index is -3.86. The number of methoxy groups -OCH3 is 1. The van der Waals surface area contributed by atoms with E-state index in [-0.39, 0.29) is 40.5 Å². The van der Waals surface area contributed by atoms with Gasteiger partial charge in [0.25, 0.3) is 5.91 Å². The quantitative estimate of drug-likeness (QED) is 0.697. The lowest BCUT2D eigenvalue weighted by Gasteiger charge is -2.29. The van der Waals surface area contributed by atoms with Crippen molar-refractivity contribution in [3.8, 4) is 5.75 Å². The molecular weight excluding hydrogens is 407 g/mol. The summed E-state index contributed by atoms with van der Waals surface area (Å²) in [5, 5.41) is 2.72. The number of ether oxygens (including phenoxy) is 1. The monoisotopic (exact) mass is 434 g/mol. The second-order valence-electron chi connectivity index (χ2n) is 7.66. The van der Waals surface area contributed by atoms with E-state index < -0.39 is 15.9 Å². The molecule has 3 rings (SSSR count). The van der Waals surface area contributed by atoms with Crippen molar-refractivity contribution in [2.75, 3.05) is 7.11 Å². The van der Waals surface area contributed by atoms with Crippen molar-refractivity contribution in [3.05, 3.63) is 59.4 Å². The summed E-state index contributed by atoms with van der Waals surface area (Å²) < 4.78 is 47.1. The van der Waals surface area contributed by atoms with Crippen molar-refractivity contribution < 1.29 is 22.3 Å². The van der Waals surface area contributed by atoms with E-state index in [4.69, 9.17) is 4.74 Å². The molecule has 0 spiro atoms. The number of benzene rings is 2. The van der Waals surface area contributed by atoms with Gasteiger partial charge in [-0.25, -0.2) is 17.5 Å². The molecule has 0 saturated heterocycles. The lowest BCUT2D eigenvalue weighted by Crippen LogP contribution is -2.41. The molecule has 0 heterocycles. The second kappa shape index (κ2) is 9.57. The number of carbonyl (C=O) groups excluding carboxylic acids is 1. The van der Waals surface area contributed by atoms with Crippen LogP contribution in [0.3, 0.4) is 0 Å². The predicted octanol–water partition coefficient (Wildman–Crippen LogP) is 3.62.